The van der Waals surface area contributed by atoms with Crippen LogP contribution in [0.2, 0.25) is 0 Å². The number of rotatable bonds is 7. The first kappa shape index (κ1) is 19.1. The van der Waals surface area contributed by atoms with Crippen molar-refractivity contribution in [2.24, 2.45) is 4.99 Å². The zero-order valence-corrected chi connectivity index (χ0v) is 16.6. The van der Waals surface area contributed by atoms with Gasteiger partial charge in [0.2, 0.25) is 5.13 Å². The minimum atomic E-state index is -0.0843. The van der Waals surface area contributed by atoms with Gasteiger partial charge in [-0.15, -0.1) is 17.9 Å². The second-order valence-electron chi connectivity index (χ2n) is 5.65. The molecule has 5 nitrogen and oxygen atoms in total. The van der Waals surface area contributed by atoms with Gasteiger partial charge in [0, 0.05) is 11.9 Å². The van der Waals surface area contributed by atoms with Crippen molar-refractivity contribution in [2.45, 2.75) is 6.92 Å². The fraction of sp³-hybridized carbons (Fsp3) is 0.150. The van der Waals surface area contributed by atoms with Gasteiger partial charge < -0.3 is 4.74 Å². The maximum absolute atomic E-state index is 12.8. The molecule has 138 valence electrons. The number of ether oxygens (including phenoxy) is 1. The molecule has 1 saturated heterocycles. The van der Waals surface area contributed by atoms with Gasteiger partial charge in [-0.3, -0.25) is 9.69 Å². The minimum Gasteiger partial charge on any atom is -0.490 e. The molecule has 1 aliphatic heterocycles. The van der Waals surface area contributed by atoms with Gasteiger partial charge in [-0.2, -0.15) is 4.99 Å². The van der Waals surface area contributed by atoms with Gasteiger partial charge in [0.15, 0.2) is 5.17 Å². The highest BCUT2D eigenvalue weighted by molar-refractivity contribution is 8.18. The molecular weight excluding hydrogens is 378 g/mol. The standard InChI is InChI=1S/C20H19N3O2S2/c1-4-10-23-18(24)17(27-20(23)22-19-21-14(3)13-26-19)12-15-6-8-16(9-7-15)25-11-5-2/h4-9,12-13H,1-2,10-11H2,3H3/b17-12-,22-20+. The molecule has 2 aromatic rings. The maximum Gasteiger partial charge on any atom is 0.267 e. The molecule has 0 aliphatic carbocycles. The van der Waals surface area contributed by atoms with E-state index < -0.39 is 0 Å². The van der Waals surface area contributed by atoms with E-state index in [0.29, 0.717) is 28.4 Å². The lowest BCUT2D eigenvalue weighted by Gasteiger charge is -2.11. The van der Waals surface area contributed by atoms with Gasteiger partial charge in [0.1, 0.15) is 12.4 Å². The molecular formula is C20H19N3O2S2. The van der Waals surface area contributed by atoms with Crippen LogP contribution in [0.5, 0.6) is 5.75 Å². The van der Waals surface area contributed by atoms with E-state index in [1.165, 1.54) is 23.1 Å². The first-order valence-electron chi connectivity index (χ1n) is 8.27. The summed E-state index contributed by atoms with van der Waals surface area (Å²) in [7, 11) is 0. The summed E-state index contributed by atoms with van der Waals surface area (Å²) in [5.74, 6) is 0.677. The molecule has 1 aromatic heterocycles. The molecule has 1 fully saturated rings. The molecule has 0 N–H and O–H groups in total. The van der Waals surface area contributed by atoms with Crippen LogP contribution in [-0.4, -0.2) is 34.1 Å². The van der Waals surface area contributed by atoms with E-state index in [0.717, 1.165) is 17.0 Å². The third-order valence-electron chi connectivity index (χ3n) is 3.54. The number of nitrogens with zero attached hydrogens (tertiary/aromatic N) is 3. The molecule has 27 heavy (non-hydrogen) atoms. The Balaban J connectivity index is 1.84. The Bertz CT molecular complexity index is 914. The second-order valence-corrected chi connectivity index (χ2v) is 7.50. The van der Waals surface area contributed by atoms with Gasteiger partial charge in [-0.05, 0) is 42.5 Å². The van der Waals surface area contributed by atoms with Crippen molar-refractivity contribution < 1.29 is 9.53 Å². The van der Waals surface area contributed by atoms with Crippen molar-refractivity contribution in [1.29, 1.82) is 0 Å². The highest BCUT2D eigenvalue weighted by Gasteiger charge is 2.32. The first-order chi connectivity index (χ1) is 13.1. The van der Waals surface area contributed by atoms with E-state index in [-0.39, 0.29) is 5.91 Å². The SMILES string of the molecule is C=CCOc1ccc(/C=C2\S/C(=N/c3nc(C)cs3)N(CC=C)C2=O)cc1. The monoisotopic (exact) mass is 397 g/mol. The number of amidine groups is 1. The van der Waals surface area contributed by atoms with Crippen molar-refractivity contribution >= 4 is 45.4 Å². The first-order valence-corrected chi connectivity index (χ1v) is 9.97. The summed E-state index contributed by atoms with van der Waals surface area (Å²) in [6.07, 6.45) is 5.24. The molecule has 2 heterocycles. The van der Waals surface area contributed by atoms with E-state index in [4.69, 9.17) is 4.74 Å². The lowest BCUT2D eigenvalue weighted by molar-refractivity contribution is -0.121. The Morgan fingerprint density at radius 1 is 1.26 bits per heavy atom. The Morgan fingerprint density at radius 2 is 2.04 bits per heavy atom. The van der Waals surface area contributed by atoms with Crippen LogP contribution in [0.25, 0.3) is 6.08 Å². The van der Waals surface area contributed by atoms with Crippen LogP contribution in [0, 0.1) is 6.92 Å². The topological polar surface area (TPSA) is 54.8 Å². The van der Waals surface area contributed by atoms with E-state index in [9.17, 15) is 4.79 Å². The number of aryl methyl sites for hydroxylation is 1. The third kappa shape index (κ3) is 4.75. The number of thioether (sulfide) groups is 1. The van der Waals surface area contributed by atoms with E-state index >= 15 is 0 Å². The summed E-state index contributed by atoms with van der Waals surface area (Å²) in [6.45, 7) is 10.1. The van der Waals surface area contributed by atoms with Gasteiger partial charge in [-0.1, -0.05) is 30.9 Å². The fourth-order valence-corrected chi connectivity index (χ4v) is 4.03. The number of carbonyl (C=O) groups is 1. The van der Waals surface area contributed by atoms with Crippen molar-refractivity contribution in [3.63, 3.8) is 0 Å². The van der Waals surface area contributed by atoms with Crippen LogP contribution in [0.4, 0.5) is 5.13 Å². The lowest BCUT2D eigenvalue weighted by Crippen LogP contribution is -2.29. The minimum absolute atomic E-state index is 0.0843. The molecule has 0 spiro atoms. The van der Waals surface area contributed by atoms with Gasteiger partial charge >= 0.3 is 0 Å². The molecule has 0 bridgehead atoms. The summed E-state index contributed by atoms with van der Waals surface area (Å²) in [6, 6.07) is 7.57. The van der Waals surface area contributed by atoms with Crippen molar-refractivity contribution in [3.05, 3.63) is 71.1 Å². The van der Waals surface area contributed by atoms with E-state index in [1.54, 1.807) is 17.1 Å². The molecule has 0 unspecified atom stereocenters. The van der Waals surface area contributed by atoms with Gasteiger partial charge in [0.05, 0.1) is 10.6 Å². The van der Waals surface area contributed by atoms with Crippen molar-refractivity contribution in [1.82, 2.24) is 9.88 Å². The smallest absolute Gasteiger partial charge is 0.267 e. The number of thiazole rings is 1. The molecule has 1 aromatic carbocycles. The average Bonchev–Trinajstić information content (AvgIpc) is 3.20. The zero-order valence-electron chi connectivity index (χ0n) is 14.9. The summed E-state index contributed by atoms with van der Waals surface area (Å²) < 4.78 is 5.48. The number of hydrogen-bond acceptors (Lipinski definition) is 6. The van der Waals surface area contributed by atoms with Crippen LogP contribution in [0.3, 0.4) is 0 Å². The number of benzene rings is 1. The summed E-state index contributed by atoms with van der Waals surface area (Å²) in [4.78, 5) is 23.9. The Morgan fingerprint density at radius 3 is 2.67 bits per heavy atom. The number of amides is 1. The maximum atomic E-state index is 12.8. The zero-order chi connectivity index (χ0) is 19.2. The van der Waals surface area contributed by atoms with Crippen LogP contribution >= 0.6 is 23.1 Å². The molecule has 1 amide bonds. The molecule has 1 aliphatic rings. The largest absolute Gasteiger partial charge is 0.490 e. The molecule has 0 atom stereocenters. The average molecular weight is 398 g/mol. The Hall–Kier alpha value is -2.64. The van der Waals surface area contributed by atoms with Crippen LogP contribution < -0.4 is 4.74 Å². The van der Waals surface area contributed by atoms with Crippen molar-refractivity contribution in [3.8, 4) is 5.75 Å². The number of carbonyl (C=O) groups excluding carboxylic acids is 1. The lowest BCUT2D eigenvalue weighted by atomic mass is 10.2. The van der Waals surface area contributed by atoms with Crippen LogP contribution in [0.1, 0.15) is 11.3 Å². The number of aliphatic imine (C=N–C) groups is 1. The van der Waals surface area contributed by atoms with E-state index in [1.807, 2.05) is 42.6 Å². The molecule has 0 radical (unpaired) electrons. The molecule has 3 rings (SSSR count). The molecule has 7 heteroatoms. The predicted octanol–water partition coefficient (Wildman–Crippen LogP) is 4.81. The highest BCUT2D eigenvalue weighted by Crippen LogP contribution is 2.34. The van der Waals surface area contributed by atoms with Crippen molar-refractivity contribution in [2.75, 3.05) is 13.2 Å². The number of hydrogen-bond donors (Lipinski definition) is 0. The predicted molar refractivity (Wildman–Crippen MR) is 114 cm³/mol. The Kier molecular flexibility index (Phi) is 6.26. The normalized spacial score (nSPS) is 16.9. The second kappa shape index (κ2) is 8.83. The Labute approximate surface area is 166 Å². The van der Waals surface area contributed by atoms with Crippen LogP contribution in [0.15, 0.2) is 64.9 Å². The number of aromatic nitrogens is 1. The third-order valence-corrected chi connectivity index (χ3v) is 5.40. The summed E-state index contributed by atoms with van der Waals surface area (Å²) in [5.41, 5.74) is 1.83. The van der Waals surface area contributed by atoms with Gasteiger partial charge in [-0.25, -0.2) is 4.98 Å². The highest BCUT2D eigenvalue weighted by atomic mass is 32.2. The van der Waals surface area contributed by atoms with E-state index in [2.05, 4.69) is 23.1 Å². The quantitative estimate of drug-likeness (QED) is 0.497. The molecule has 0 saturated carbocycles. The summed E-state index contributed by atoms with van der Waals surface area (Å²) >= 11 is 2.80. The summed E-state index contributed by atoms with van der Waals surface area (Å²) in [5, 5.41) is 3.19. The van der Waals surface area contributed by atoms with Gasteiger partial charge in [0.25, 0.3) is 5.91 Å². The van der Waals surface area contributed by atoms with Crippen LogP contribution in [-0.2, 0) is 4.79 Å². The fourth-order valence-electron chi connectivity index (χ4n) is 2.32.